The summed E-state index contributed by atoms with van der Waals surface area (Å²) in [7, 11) is 0. The average molecular weight is 629 g/mol. The number of benzene rings is 7. The van der Waals surface area contributed by atoms with Crippen LogP contribution < -0.4 is 4.90 Å². The molecule has 49 heavy (non-hydrogen) atoms. The van der Waals surface area contributed by atoms with Gasteiger partial charge in [0.2, 0.25) is 0 Å². The number of aromatic nitrogens is 1. The zero-order valence-electron chi connectivity index (χ0n) is 27.8. The van der Waals surface area contributed by atoms with E-state index in [1.807, 2.05) is 0 Å². The Labute approximate surface area is 287 Å². The number of rotatable bonds is 4. The molecule has 0 fully saturated rings. The second kappa shape index (κ2) is 10.6. The van der Waals surface area contributed by atoms with Crippen LogP contribution in [0.3, 0.4) is 0 Å². The normalized spacial score (nSPS) is 15.8. The van der Waals surface area contributed by atoms with Gasteiger partial charge in [-0.15, -0.1) is 0 Å². The van der Waals surface area contributed by atoms with E-state index >= 15 is 0 Å². The highest BCUT2D eigenvalue weighted by atomic mass is 15.2. The van der Waals surface area contributed by atoms with Crippen molar-refractivity contribution in [2.24, 2.45) is 0 Å². The molecule has 1 aromatic heterocycles. The van der Waals surface area contributed by atoms with Crippen LogP contribution in [0.15, 0.2) is 164 Å². The van der Waals surface area contributed by atoms with E-state index in [1.165, 1.54) is 83.4 Å². The van der Waals surface area contributed by atoms with Crippen LogP contribution >= 0.6 is 0 Å². The molecule has 0 radical (unpaired) electrons. The molecular formula is C47H36N2. The van der Waals surface area contributed by atoms with E-state index in [0.29, 0.717) is 5.92 Å². The van der Waals surface area contributed by atoms with Crippen molar-refractivity contribution in [3.05, 3.63) is 186 Å². The molecule has 1 aliphatic carbocycles. The molecule has 234 valence electrons. The molecule has 0 bridgehead atoms. The molecule has 0 amide bonds. The van der Waals surface area contributed by atoms with Gasteiger partial charge in [-0.2, -0.15) is 0 Å². The van der Waals surface area contributed by atoms with Gasteiger partial charge in [0.15, 0.2) is 0 Å². The van der Waals surface area contributed by atoms with Gasteiger partial charge in [-0.05, 0) is 93.0 Å². The second-order valence-corrected chi connectivity index (χ2v) is 14.2. The maximum Gasteiger partial charge on any atom is 0.0547 e. The highest BCUT2D eigenvalue weighted by Crippen LogP contribution is 2.51. The van der Waals surface area contributed by atoms with Crippen LogP contribution in [0.1, 0.15) is 42.0 Å². The minimum absolute atomic E-state index is 0.0255. The van der Waals surface area contributed by atoms with E-state index in [0.717, 1.165) is 6.54 Å². The zero-order chi connectivity index (χ0) is 32.7. The first-order valence-electron chi connectivity index (χ1n) is 17.4. The fraction of sp³-hybridized carbons (Fsp3) is 0.106. The second-order valence-electron chi connectivity index (χ2n) is 14.2. The molecule has 7 aromatic carbocycles. The number of fused-ring (bicyclic) bond motifs is 7. The van der Waals surface area contributed by atoms with Crippen LogP contribution in [0, 0.1) is 0 Å². The minimum atomic E-state index is -0.0255. The summed E-state index contributed by atoms with van der Waals surface area (Å²) in [4.78, 5) is 2.47. The molecule has 0 saturated heterocycles. The fourth-order valence-electron chi connectivity index (χ4n) is 8.70. The number of hydrogen-bond donors (Lipinski definition) is 0. The van der Waals surface area contributed by atoms with Crippen molar-refractivity contribution in [1.29, 1.82) is 0 Å². The highest BCUT2D eigenvalue weighted by molar-refractivity contribution is 6.11. The smallest absolute Gasteiger partial charge is 0.0547 e. The molecule has 1 aliphatic heterocycles. The van der Waals surface area contributed by atoms with Gasteiger partial charge < -0.3 is 9.47 Å². The molecule has 10 rings (SSSR count). The van der Waals surface area contributed by atoms with Crippen LogP contribution in [0.2, 0.25) is 0 Å². The molecule has 2 heteroatoms. The zero-order valence-corrected chi connectivity index (χ0v) is 27.8. The van der Waals surface area contributed by atoms with E-state index in [4.69, 9.17) is 0 Å². The molecular weight excluding hydrogens is 593 g/mol. The Morgan fingerprint density at radius 1 is 0.510 bits per heavy atom. The molecule has 2 nitrogen and oxygen atoms in total. The Kier molecular flexibility index (Phi) is 6.08. The maximum atomic E-state index is 2.47. The van der Waals surface area contributed by atoms with Gasteiger partial charge >= 0.3 is 0 Å². The van der Waals surface area contributed by atoms with Crippen LogP contribution in [0.4, 0.5) is 11.4 Å². The lowest BCUT2D eigenvalue weighted by Gasteiger charge is -2.21. The number of nitrogens with zero attached hydrogens (tertiary/aromatic N) is 2. The number of hydrogen-bond acceptors (Lipinski definition) is 1. The van der Waals surface area contributed by atoms with Crippen molar-refractivity contribution in [3.63, 3.8) is 0 Å². The van der Waals surface area contributed by atoms with Gasteiger partial charge in [-0.1, -0.05) is 129 Å². The molecule has 0 spiro atoms. The summed E-state index contributed by atoms with van der Waals surface area (Å²) in [5.41, 5.74) is 16.9. The van der Waals surface area contributed by atoms with Crippen LogP contribution in [-0.4, -0.2) is 11.1 Å². The molecule has 1 unspecified atom stereocenters. The predicted molar refractivity (Wildman–Crippen MR) is 206 cm³/mol. The van der Waals surface area contributed by atoms with Gasteiger partial charge in [0.05, 0.1) is 11.0 Å². The molecule has 0 N–H and O–H groups in total. The lowest BCUT2D eigenvalue weighted by Crippen LogP contribution is -2.16. The summed E-state index contributed by atoms with van der Waals surface area (Å²) in [5, 5.41) is 2.61. The third kappa shape index (κ3) is 4.20. The van der Waals surface area contributed by atoms with Crippen LogP contribution in [0.25, 0.3) is 49.7 Å². The van der Waals surface area contributed by atoms with Gasteiger partial charge in [0.1, 0.15) is 0 Å². The van der Waals surface area contributed by atoms with Crippen LogP contribution in [-0.2, 0) is 5.41 Å². The Hall–Kier alpha value is -5.86. The quantitative estimate of drug-likeness (QED) is 0.188. The monoisotopic (exact) mass is 628 g/mol. The van der Waals surface area contributed by atoms with E-state index < -0.39 is 0 Å². The maximum absolute atomic E-state index is 2.47. The summed E-state index contributed by atoms with van der Waals surface area (Å²) in [5.74, 6) is 0.368. The number of para-hydroxylation sites is 2. The van der Waals surface area contributed by atoms with Gasteiger partial charge in [-0.25, -0.2) is 0 Å². The van der Waals surface area contributed by atoms with E-state index in [-0.39, 0.29) is 5.41 Å². The van der Waals surface area contributed by atoms with Crippen molar-refractivity contribution in [2.45, 2.75) is 25.2 Å². The van der Waals surface area contributed by atoms with Gasteiger partial charge in [-0.3, -0.25) is 0 Å². The summed E-state index contributed by atoms with van der Waals surface area (Å²) >= 11 is 0. The van der Waals surface area contributed by atoms with Crippen molar-refractivity contribution in [1.82, 2.24) is 4.57 Å². The first-order valence-corrected chi connectivity index (χ1v) is 17.4. The summed E-state index contributed by atoms with van der Waals surface area (Å²) in [6, 6.07) is 60.6. The third-order valence-electron chi connectivity index (χ3n) is 11.2. The largest absolute Gasteiger partial charge is 0.340 e. The summed E-state index contributed by atoms with van der Waals surface area (Å²) < 4.78 is 2.44. The predicted octanol–water partition coefficient (Wildman–Crippen LogP) is 12.0. The average Bonchev–Trinajstić information content (AvgIpc) is 3.78. The Bertz CT molecular complexity index is 2540. The Morgan fingerprint density at radius 2 is 1.16 bits per heavy atom. The Morgan fingerprint density at radius 3 is 1.96 bits per heavy atom. The standard InChI is InChI=1S/C47H36N2/c1-47(2)42-17-9-6-14-36(42)39-29-46-40(28-43(39)47)37-15-8-11-19-45(37)49(46)35-26-22-32(23-27-35)31-20-24-34(25-21-31)48-30-41(33-12-4-3-5-13-33)38-16-7-10-18-44(38)48/h3-29,41H,30H2,1-2H3. The minimum Gasteiger partial charge on any atom is -0.340 e. The van der Waals surface area contributed by atoms with Gasteiger partial charge in [0, 0.05) is 45.7 Å². The molecule has 8 aromatic rings. The van der Waals surface area contributed by atoms with Crippen molar-refractivity contribution < 1.29 is 0 Å². The molecule has 1 atom stereocenters. The molecule has 0 saturated carbocycles. The van der Waals surface area contributed by atoms with Crippen molar-refractivity contribution in [2.75, 3.05) is 11.4 Å². The SMILES string of the molecule is CC1(C)c2ccccc2-c2cc3c(cc21)c1ccccc1n3-c1ccc(-c2ccc(N3CC(c4ccccc4)c4ccccc43)cc2)cc1. The fourth-order valence-corrected chi connectivity index (χ4v) is 8.70. The summed E-state index contributed by atoms with van der Waals surface area (Å²) in [6.07, 6.45) is 0. The lowest BCUT2D eigenvalue weighted by molar-refractivity contribution is 0.661. The number of anilines is 2. The molecule has 2 aliphatic rings. The van der Waals surface area contributed by atoms with Gasteiger partial charge in [0.25, 0.3) is 0 Å². The van der Waals surface area contributed by atoms with Crippen molar-refractivity contribution in [3.8, 4) is 27.9 Å². The van der Waals surface area contributed by atoms with Crippen molar-refractivity contribution >= 4 is 33.2 Å². The summed E-state index contributed by atoms with van der Waals surface area (Å²) in [6.45, 7) is 5.67. The highest BCUT2D eigenvalue weighted by Gasteiger charge is 2.36. The first-order chi connectivity index (χ1) is 24.1. The van der Waals surface area contributed by atoms with E-state index in [2.05, 4.69) is 187 Å². The molecule has 2 heterocycles. The first kappa shape index (κ1) is 28.2. The third-order valence-corrected chi connectivity index (χ3v) is 11.2. The van der Waals surface area contributed by atoms with Crippen LogP contribution in [0.5, 0.6) is 0 Å². The van der Waals surface area contributed by atoms with E-state index in [9.17, 15) is 0 Å². The Balaban J connectivity index is 1.01. The topological polar surface area (TPSA) is 8.17 Å². The van der Waals surface area contributed by atoms with E-state index in [1.54, 1.807) is 0 Å². The lowest BCUT2D eigenvalue weighted by atomic mass is 9.82.